The molecule has 0 amide bonds. The van der Waals surface area contributed by atoms with Crippen molar-refractivity contribution in [1.82, 2.24) is 25.5 Å². The minimum atomic E-state index is -0.394. The summed E-state index contributed by atoms with van der Waals surface area (Å²) in [6, 6.07) is 6.96. The van der Waals surface area contributed by atoms with Crippen molar-refractivity contribution in [2.24, 2.45) is 4.99 Å². The number of nitrogens with zero attached hydrogens (tertiary/aromatic N) is 3. The SMILES string of the molecule is CCCc1scc(-c2cn[nH]c2)c1C[C@H](N=C1NC(C)(C)Cc2cc(Cl)ccc21)c1nccc(=O)[nH]1. The first-order chi connectivity index (χ1) is 17.3. The molecule has 0 saturated heterocycles. The molecule has 1 aliphatic rings. The summed E-state index contributed by atoms with van der Waals surface area (Å²) in [5.74, 6) is 1.33. The predicted octanol–water partition coefficient (Wildman–Crippen LogP) is 5.48. The van der Waals surface area contributed by atoms with Gasteiger partial charge in [0.15, 0.2) is 0 Å². The molecule has 36 heavy (non-hydrogen) atoms. The monoisotopic (exact) mass is 520 g/mol. The lowest BCUT2D eigenvalue weighted by Gasteiger charge is -2.35. The van der Waals surface area contributed by atoms with Crippen molar-refractivity contribution in [3.05, 3.63) is 91.0 Å². The number of amidine groups is 1. The molecule has 1 aromatic carbocycles. The third kappa shape index (κ3) is 5.15. The predicted molar refractivity (Wildman–Crippen MR) is 146 cm³/mol. The number of thiophene rings is 1. The van der Waals surface area contributed by atoms with E-state index in [1.54, 1.807) is 17.5 Å². The second kappa shape index (κ2) is 10.0. The van der Waals surface area contributed by atoms with Crippen LogP contribution in [-0.4, -0.2) is 31.5 Å². The third-order valence-corrected chi connectivity index (χ3v) is 7.69. The lowest BCUT2D eigenvalue weighted by Crippen LogP contribution is -2.49. The van der Waals surface area contributed by atoms with Crippen LogP contribution in [0.3, 0.4) is 0 Å². The Morgan fingerprint density at radius 3 is 2.86 bits per heavy atom. The lowest BCUT2D eigenvalue weighted by molar-refractivity contribution is 0.445. The minimum Gasteiger partial charge on any atom is -0.365 e. The maximum Gasteiger partial charge on any atom is 0.250 e. The van der Waals surface area contributed by atoms with E-state index < -0.39 is 6.04 Å². The summed E-state index contributed by atoms with van der Waals surface area (Å²) in [6.45, 7) is 6.49. The molecular formula is C27H29ClN6OS. The number of hydrogen-bond acceptors (Lipinski definition) is 5. The van der Waals surface area contributed by atoms with Crippen LogP contribution in [0.1, 0.15) is 60.6 Å². The molecule has 3 aromatic heterocycles. The Bertz CT molecular complexity index is 1450. The summed E-state index contributed by atoms with van der Waals surface area (Å²) in [5.41, 5.74) is 5.19. The molecule has 5 rings (SSSR count). The van der Waals surface area contributed by atoms with Gasteiger partial charge in [0.1, 0.15) is 17.7 Å². The number of benzene rings is 1. The van der Waals surface area contributed by atoms with Crippen molar-refractivity contribution >= 4 is 28.8 Å². The van der Waals surface area contributed by atoms with Gasteiger partial charge in [0.2, 0.25) is 0 Å². The van der Waals surface area contributed by atoms with E-state index in [1.165, 1.54) is 16.5 Å². The summed E-state index contributed by atoms with van der Waals surface area (Å²) in [4.78, 5) is 26.3. The summed E-state index contributed by atoms with van der Waals surface area (Å²) in [7, 11) is 0. The van der Waals surface area contributed by atoms with Gasteiger partial charge in [-0.2, -0.15) is 5.10 Å². The van der Waals surface area contributed by atoms with Gasteiger partial charge in [-0.25, -0.2) is 4.98 Å². The fraction of sp³-hybridized carbons (Fsp3) is 0.333. The number of halogens is 1. The molecule has 3 N–H and O–H groups in total. The standard InChI is InChI=1S/C27H29ClN6OS/c1-4-5-23-20(21(15-36-23)17-13-30-31-14-17)11-22(26-29-9-8-24(35)33-26)32-25-19-7-6-18(28)10-16(19)12-27(2,3)34-25/h6-10,13-15,22H,4-5,11-12H2,1-3H3,(H,30,31)(H,32,34)(H,29,33,35)/t22-/m0/s1. The molecule has 4 heterocycles. The average molecular weight is 521 g/mol. The first-order valence-electron chi connectivity index (χ1n) is 12.1. The van der Waals surface area contributed by atoms with Crippen LogP contribution in [0.25, 0.3) is 11.1 Å². The van der Waals surface area contributed by atoms with Crippen LogP contribution in [0.15, 0.2) is 58.0 Å². The second-order valence-corrected chi connectivity index (χ2v) is 11.2. The minimum absolute atomic E-state index is 0.191. The highest BCUT2D eigenvalue weighted by atomic mass is 35.5. The third-order valence-electron chi connectivity index (χ3n) is 6.37. The summed E-state index contributed by atoms with van der Waals surface area (Å²) < 4.78 is 0. The van der Waals surface area contributed by atoms with Crippen LogP contribution in [0.4, 0.5) is 0 Å². The van der Waals surface area contributed by atoms with Crippen molar-refractivity contribution in [2.45, 2.75) is 58.0 Å². The molecule has 0 saturated carbocycles. The van der Waals surface area contributed by atoms with Gasteiger partial charge in [0.05, 0.1) is 6.20 Å². The van der Waals surface area contributed by atoms with Crippen LogP contribution < -0.4 is 10.9 Å². The first kappa shape index (κ1) is 24.5. The fourth-order valence-corrected chi connectivity index (χ4v) is 6.17. The number of hydrogen-bond donors (Lipinski definition) is 3. The maximum atomic E-state index is 12.3. The Balaban J connectivity index is 1.64. The Morgan fingerprint density at radius 2 is 2.11 bits per heavy atom. The molecular weight excluding hydrogens is 492 g/mol. The van der Waals surface area contributed by atoms with E-state index in [9.17, 15) is 4.79 Å². The van der Waals surface area contributed by atoms with Gasteiger partial charge in [-0.1, -0.05) is 24.9 Å². The van der Waals surface area contributed by atoms with E-state index in [1.807, 2.05) is 30.6 Å². The highest BCUT2D eigenvalue weighted by molar-refractivity contribution is 7.10. The summed E-state index contributed by atoms with van der Waals surface area (Å²) >= 11 is 8.09. The molecule has 0 radical (unpaired) electrons. The summed E-state index contributed by atoms with van der Waals surface area (Å²) in [6.07, 6.45) is 8.76. The second-order valence-electron chi connectivity index (χ2n) is 9.79. The molecule has 7 nitrogen and oxygen atoms in total. The highest BCUT2D eigenvalue weighted by Crippen LogP contribution is 2.36. The van der Waals surface area contributed by atoms with Gasteiger partial charge in [-0.15, -0.1) is 11.3 Å². The molecule has 0 bridgehead atoms. The van der Waals surface area contributed by atoms with Crippen molar-refractivity contribution in [2.75, 3.05) is 0 Å². The lowest BCUT2D eigenvalue weighted by atomic mass is 9.87. The highest BCUT2D eigenvalue weighted by Gasteiger charge is 2.30. The van der Waals surface area contributed by atoms with Crippen LogP contribution >= 0.6 is 22.9 Å². The zero-order chi connectivity index (χ0) is 25.3. The van der Waals surface area contributed by atoms with E-state index in [0.717, 1.165) is 47.4 Å². The number of aromatic nitrogens is 4. The maximum absolute atomic E-state index is 12.3. The van der Waals surface area contributed by atoms with Crippen molar-refractivity contribution < 1.29 is 0 Å². The molecule has 1 aliphatic heterocycles. The fourth-order valence-electron chi connectivity index (χ4n) is 4.78. The van der Waals surface area contributed by atoms with Crippen LogP contribution in [0.2, 0.25) is 5.02 Å². The Labute approximate surface area is 219 Å². The smallest absolute Gasteiger partial charge is 0.250 e. The van der Waals surface area contributed by atoms with Gasteiger partial charge >= 0.3 is 0 Å². The van der Waals surface area contributed by atoms with Crippen LogP contribution in [0.5, 0.6) is 0 Å². The van der Waals surface area contributed by atoms with Gasteiger partial charge in [0, 0.05) is 51.4 Å². The molecule has 0 fully saturated rings. The normalized spacial score (nSPS) is 16.5. The Hall–Kier alpha value is -3.23. The van der Waals surface area contributed by atoms with E-state index in [0.29, 0.717) is 17.3 Å². The van der Waals surface area contributed by atoms with E-state index in [-0.39, 0.29) is 11.1 Å². The topological polar surface area (TPSA) is 98.8 Å². The van der Waals surface area contributed by atoms with E-state index >= 15 is 0 Å². The molecule has 4 aromatic rings. The number of aliphatic imine (C=N–C) groups is 1. The zero-order valence-electron chi connectivity index (χ0n) is 20.6. The van der Waals surface area contributed by atoms with E-state index in [4.69, 9.17) is 16.6 Å². The van der Waals surface area contributed by atoms with Crippen LogP contribution in [-0.2, 0) is 19.3 Å². The van der Waals surface area contributed by atoms with Crippen molar-refractivity contribution in [3.8, 4) is 11.1 Å². The largest absolute Gasteiger partial charge is 0.365 e. The van der Waals surface area contributed by atoms with E-state index in [2.05, 4.69) is 51.6 Å². The Kier molecular flexibility index (Phi) is 6.81. The summed E-state index contributed by atoms with van der Waals surface area (Å²) in [5, 5.41) is 13.6. The molecule has 0 spiro atoms. The quantitative estimate of drug-likeness (QED) is 0.300. The van der Waals surface area contributed by atoms with Crippen molar-refractivity contribution in [3.63, 3.8) is 0 Å². The average Bonchev–Trinajstić information content (AvgIpc) is 3.48. The van der Waals surface area contributed by atoms with Crippen molar-refractivity contribution in [1.29, 1.82) is 0 Å². The van der Waals surface area contributed by atoms with Gasteiger partial charge in [-0.05, 0) is 67.0 Å². The first-order valence-corrected chi connectivity index (χ1v) is 13.4. The van der Waals surface area contributed by atoms with Gasteiger partial charge in [-0.3, -0.25) is 14.9 Å². The number of rotatable bonds is 7. The number of fused-ring (bicyclic) bond motifs is 1. The van der Waals surface area contributed by atoms with Gasteiger partial charge in [0.25, 0.3) is 5.56 Å². The molecule has 0 aliphatic carbocycles. The zero-order valence-corrected chi connectivity index (χ0v) is 22.1. The number of nitrogens with one attached hydrogen (secondary N) is 3. The molecule has 9 heteroatoms. The molecule has 0 unspecified atom stereocenters. The molecule has 186 valence electrons. The van der Waals surface area contributed by atoms with Gasteiger partial charge < -0.3 is 10.3 Å². The molecule has 1 atom stereocenters. The number of H-pyrrole nitrogens is 2. The Morgan fingerprint density at radius 1 is 1.25 bits per heavy atom. The van der Waals surface area contributed by atoms with Crippen LogP contribution in [0, 0.1) is 0 Å². The number of aryl methyl sites for hydroxylation is 1. The number of aromatic amines is 2.